The summed E-state index contributed by atoms with van der Waals surface area (Å²) in [4.78, 5) is 34.0. The first kappa shape index (κ1) is 26.8. The summed E-state index contributed by atoms with van der Waals surface area (Å²) >= 11 is 0. The minimum Gasteiger partial charge on any atom is -0.462 e. The number of alkyl halides is 6. The molecule has 0 aliphatic heterocycles. The standard InChI is InChI=1S/C19H24F6O6/c1-12(2)14(26)29-10-6-7-11-30-15(27)17(20,21)19(24,25)18(22,23)16(28)31-13-8-4-3-5-9-13/h13H,1,3-11H2,2H3. The zero-order chi connectivity index (χ0) is 23.9. The average Bonchev–Trinajstić information content (AvgIpc) is 2.70. The van der Waals surface area contributed by atoms with E-state index in [1.165, 1.54) is 6.92 Å². The lowest BCUT2D eigenvalue weighted by Crippen LogP contribution is -2.62. The van der Waals surface area contributed by atoms with Gasteiger partial charge in [0.15, 0.2) is 0 Å². The molecule has 178 valence electrons. The first-order valence-corrected chi connectivity index (χ1v) is 9.59. The van der Waals surface area contributed by atoms with E-state index < -0.39 is 48.4 Å². The maximum atomic E-state index is 13.9. The van der Waals surface area contributed by atoms with Crippen LogP contribution in [-0.2, 0) is 28.6 Å². The van der Waals surface area contributed by atoms with Gasteiger partial charge in [-0.25, -0.2) is 14.4 Å². The van der Waals surface area contributed by atoms with Crippen LogP contribution in [0, 0.1) is 0 Å². The van der Waals surface area contributed by atoms with E-state index in [1.807, 2.05) is 0 Å². The fraction of sp³-hybridized carbons (Fsp3) is 0.737. The minimum atomic E-state index is -6.38. The Hall–Kier alpha value is -2.27. The van der Waals surface area contributed by atoms with Crippen molar-refractivity contribution in [3.8, 4) is 0 Å². The monoisotopic (exact) mass is 462 g/mol. The molecule has 0 aromatic rings. The lowest BCUT2D eigenvalue weighted by molar-refractivity contribution is -0.302. The highest BCUT2D eigenvalue weighted by Gasteiger charge is 2.79. The van der Waals surface area contributed by atoms with Crippen molar-refractivity contribution in [2.24, 2.45) is 0 Å². The number of carbonyl (C=O) groups is 3. The van der Waals surface area contributed by atoms with Crippen molar-refractivity contribution >= 4 is 17.9 Å². The second kappa shape index (κ2) is 10.9. The van der Waals surface area contributed by atoms with Gasteiger partial charge in [0, 0.05) is 5.57 Å². The Labute approximate surface area is 174 Å². The maximum absolute atomic E-state index is 13.9. The van der Waals surface area contributed by atoms with Crippen LogP contribution in [0.5, 0.6) is 0 Å². The lowest BCUT2D eigenvalue weighted by atomic mass is 9.97. The third-order valence-electron chi connectivity index (χ3n) is 4.48. The van der Waals surface area contributed by atoms with Crippen LogP contribution >= 0.6 is 0 Å². The topological polar surface area (TPSA) is 78.9 Å². The molecule has 0 amide bonds. The molecule has 12 heteroatoms. The predicted octanol–water partition coefficient (Wildman–Crippen LogP) is 4.21. The highest BCUT2D eigenvalue weighted by Crippen LogP contribution is 2.47. The van der Waals surface area contributed by atoms with Gasteiger partial charge in [0.1, 0.15) is 6.10 Å². The molecule has 1 saturated carbocycles. The first-order valence-electron chi connectivity index (χ1n) is 9.59. The van der Waals surface area contributed by atoms with Gasteiger partial charge in [-0.05, 0) is 45.4 Å². The normalized spacial score (nSPS) is 15.8. The number of ether oxygens (including phenoxy) is 3. The average molecular weight is 462 g/mol. The molecule has 6 nitrogen and oxygen atoms in total. The van der Waals surface area contributed by atoms with E-state index in [0.29, 0.717) is 12.8 Å². The molecule has 0 saturated heterocycles. The third-order valence-corrected chi connectivity index (χ3v) is 4.48. The summed E-state index contributed by atoms with van der Waals surface area (Å²) in [7, 11) is 0. The van der Waals surface area contributed by atoms with Crippen molar-refractivity contribution in [3.63, 3.8) is 0 Å². The molecule has 0 N–H and O–H groups in total. The van der Waals surface area contributed by atoms with E-state index in [4.69, 9.17) is 0 Å². The Morgan fingerprint density at radius 3 is 1.84 bits per heavy atom. The minimum absolute atomic E-state index is 0.0120. The van der Waals surface area contributed by atoms with Gasteiger partial charge in [0.05, 0.1) is 13.2 Å². The smallest absolute Gasteiger partial charge is 0.411 e. The molecule has 0 atom stereocenters. The molecule has 1 rings (SSSR count). The number of halogens is 6. The van der Waals surface area contributed by atoms with Gasteiger partial charge >= 0.3 is 35.7 Å². The highest BCUT2D eigenvalue weighted by molar-refractivity contribution is 5.87. The molecule has 0 bridgehead atoms. The molecule has 0 unspecified atom stereocenters. The summed E-state index contributed by atoms with van der Waals surface area (Å²) in [6, 6.07) is 0. The van der Waals surface area contributed by atoms with Crippen LogP contribution in [0.1, 0.15) is 51.9 Å². The van der Waals surface area contributed by atoms with Crippen molar-refractivity contribution in [1.82, 2.24) is 0 Å². The number of hydrogen-bond donors (Lipinski definition) is 0. The SMILES string of the molecule is C=C(C)C(=O)OCCCCOC(=O)C(F)(F)C(F)(F)C(F)(F)C(=O)OC1CCCCC1. The van der Waals surface area contributed by atoms with Crippen LogP contribution in [-0.4, -0.2) is 55.0 Å². The van der Waals surface area contributed by atoms with Crippen LogP contribution in [0.2, 0.25) is 0 Å². The van der Waals surface area contributed by atoms with Crippen molar-refractivity contribution in [2.75, 3.05) is 13.2 Å². The molecule has 0 heterocycles. The van der Waals surface area contributed by atoms with E-state index in [9.17, 15) is 40.7 Å². The van der Waals surface area contributed by atoms with Crippen molar-refractivity contribution in [2.45, 2.75) is 75.7 Å². The van der Waals surface area contributed by atoms with Gasteiger partial charge < -0.3 is 14.2 Å². The van der Waals surface area contributed by atoms with Gasteiger partial charge in [-0.3, -0.25) is 0 Å². The highest BCUT2D eigenvalue weighted by atomic mass is 19.3. The van der Waals surface area contributed by atoms with Crippen LogP contribution in [0.3, 0.4) is 0 Å². The summed E-state index contributed by atoms with van der Waals surface area (Å²) in [5, 5.41) is 0. The molecule has 1 fully saturated rings. The second-order valence-corrected chi connectivity index (χ2v) is 7.15. The second-order valence-electron chi connectivity index (χ2n) is 7.15. The van der Waals surface area contributed by atoms with E-state index in [-0.39, 0.29) is 37.9 Å². The summed E-state index contributed by atoms with van der Waals surface area (Å²) < 4.78 is 96.0. The number of esters is 3. The summed E-state index contributed by atoms with van der Waals surface area (Å²) in [6.07, 6.45) is 0.795. The summed E-state index contributed by atoms with van der Waals surface area (Å²) in [6.45, 7) is 3.68. The Morgan fingerprint density at radius 2 is 1.32 bits per heavy atom. The lowest BCUT2D eigenvalue weighted by Gasteiger charge is -2.31. The molecule has 1 aliphatic carbocycles. The zero-order valence-corrected chi connectivity index (χ0v) is 16.9. The molecular formula is C19H24F6O6. The van der Waals surface area contributed by atoms with Gasteiger partial charge in [0.25, 0.3) is 0 Å². The van der Waals surface area contributed by atoms with Gasteiger partial charge in [0.2, 0.25) is 0 Å². The van der Waals surface area contributed by atoms with Crippen molar-refractivity contribution in [3.05, 3.63) is 12.2 Å². The van der Waals surface area contributed by atoms with Gasteiger partial charge in [-0.1, -0.05) is 13.0 Å². The number of carbonyl (C=O) groups excluding carboxylic acids is 3. The number of rotatable bonds is 11. The largest absolute Gasteiger partial charge is 0.462 e. The quantitative estimate of drug-likeness (QED) is 0.151. The molecular weight excluding hydrogens is 438 g/mol. The summed E-state index contributed by atoms with van der Waals surface area (Å²) in [5.74, 6) is -24.8. The maximum Gasteiger partial charge on any atom is 0.411 e. The van der Waals surface area contributed by atoms with Crippen molar-refractivity contribution < 1.29 is 54.9 Å². The van der Waals surface area contributed by atoms with E-state index >= 15 is 0 Å². The molecule has 0 radical (unpaired) electrons. The molecule has 0 aromatic carbocycles. The first-order chi connectivity index (χ1) is 14.2. The van der Waals surface area contributed by atoms with Crippen LogP contribution in [0.4, 0.5) is 26.3 Å². The molecule has 1 aliphatic rings. The van der Waals surface area contributed by atoms with E-state index in [0.717, 1.165) is 6.42 Å². The van der Waals surface area contributed by atoms with Crippen molar-refractivity contribution in [1.29, 1.82) is 0 Å². The zero-order valence-electron chi connectivity index (χ0n) is 16.9. The number of unbranched alkanes of at least 4 members (excludes halogenated alkanes) is 1. The molecule has 31 heavy (non-hydrogen) atoms. The Kier molecular flexibility index (Phi) is 9.37. The Morgan fingerprint density at radius 1 is 0.839 bits per heavy atom. The fourth-order valence-electron chi connectivity index (χ4n) is 2.61. The van der Waals surface area contributed by atoms with Crippen LogP contribution in [0.15, 0.2) is 12.2 Å². The third kappa shape index (κ3) is 6.60. The Bertz CT molecular complexity index is 673. The number of hydrogen-bond acceptors (Lipinski definition) is 6. The fourth-order valence-corrected chi connectivity index (χ4v) is 2.61. The predicted molar refractivity (Wildman–Crippen MR) is 93.8 cm³/mol. The van der Waals surface area contributed by atoms with Crippen LogP contribution in [0.25, 0.3) is 0 Å². The molecule has 0 spiro atoms. The van der Waals surface area contributed by atoms with E-state index in [1.54, 1.807) is 0 Å². The van der Waals surface area contributed by atoms with E-state index in [2.05, 4.69) is 20.8 Å². The van der Waals surface area contributed by atoms with Gasteiger partial charge in [-0.15, -0.1) is 0 Å². The summed E-state index contributed by atoms with van der Waals surface area (Å²) in [5.41, 5.74) is 0.108. The Balaban J connectivity index is 2.62. The molecule has 0 aromatic heterocycles. The van der Waals surface area contributed by atoms with Gasteiger partial charge in [-0.2, -0.15) is 26.3 Å². The van der Waals surface area contributed by atoms with Crippen LogP contribution < -0.4 is 0 Å².